The third-order valence-electron chi connectivity index (χ3n) is 2.41. The number of carbonyl (C=O) groups is 1. The average Bonchev–Trinajstić information content (AvgIpc) is 2.03. The van der Waals surface area contributed by atoms with E-state index in [0.717, 1.165) is 25.9 Å². The molecule has 1 aliphatic rings. The van der Waals surface area contributed by atoms with E-state index in [4.69, 9.17) is 0 Å². The van der Waals surface area contributed by atoms with Crippen LogP contribution in [0.25, 0.3) is 0 Å². The molecule has 1 saturated heterocycles. The highest BCUT2D eigenvalue weighted by molar-refractivity contribution is 5.78. The highest BCUT2D eigenvalue weighted by atomic mass is 16.2. The Morgan fingerprint density at radius 2 is 2.17 bits per heavy atom. The second kappa shape index (κ2) is 3.90. The van der Waals surface area contributed by atoms with Crippen molar-refractivity contribution < 1.29 is 4.79 Å². The fourth-order valence-electron chi connectivity index (χ4n) is 1.73. The van der Waals surface area contributed by atoms with E-state index in [1.165, 1.54) is 0 Å². The first kappa shape index (κ1) is 9.52. The van der Waals surface area contributed by atoms with Crippen molar-refractivity contribution in [2.75, 3.05) is 34.2 Å². The maximum atomic E-state index is 11.5. The van der Waals surface area contributed by atoms with Gasteiger partial charge in [-0.15, -0.1) is 0 Å². The van der Waals surface area contributed by atoms with E-state index < -0.39 is 0 Å². The minimum absolute atomic E-state index is 0.235. The van der Waals surface area contributed by atoms with Gasteiger partial charge in [0.25, 0.3) is 0 Å². The molecule has 0 saturated carbocycles. The van der Waals surface area contributed by atoms with Crippen molar-refractivity contribution in [1.29, 1.82) is 0 Å². The van der Waals surface area contributed by atoms with Crippen LogP contribution in [0.1, 0.15) is 12.8 Å². The molecule has 1 fully saturated rings. The van der Waals surface area contributed by atoms with Crippen LogP contribution in [0.5, 0.6) is 0 Å². The Morgan fingerprint density at radius 3 is 2.67 bits per heavy atom. The van der Waals surface area contributed by atoms with Crippen LogP contribution in [0.3, 0.4) is 0 Å². The molecule has 1 rings (SSSR count). The molecular weight excluding hydrogens is 152 g/mol. The molecule has 0 aliphatic carbocycles. The molecule has 70 valence electrons. The molecule has 0 spiro atoms. The summed E-state index contributed by atoms with van der Waals surface area (Å²) in [5.74, 6) is 0.514. The predicted molar refractivity (Wildman–Crippen MR) is 48.9 cm³/mol. The summed E-state index contributed by atoms with van der Waals surface area (Å²) in [6.07, 6.45) is 2.21. The van der Waals surface area contributed by atoms with Crippen LogP contribution in [0, 0.1) is 5.92 Å². The third-order valence-corrected chi connectivity index (χ3v) is 2.41. The van der Waals surface area contributed by atoms with Gasteiger partial charge in [-0.25, -0.2) is 0 Å². The lowest BCUT2D eigenvalue weighted by molar-refractivity contribution is -0.134. The van der Waals surface area contributed by atoms with Crippen LogP contribution < -0.4 is 0 Å². The average molecular weight is 170 g/mol. The third kappa shape index (κ3) is 2.21. The number of rotatable bonds is 1. The van der Waals surface area contributed by atoms with Crippen LogP contribution in [0.2, 0.25) is 0 Å². The van der Waals surface area contributed by atoms with E-state index in [-0.39, 0.29) is 11.8 Å². The Hall–Kier alpha value is -0.570. The first-order valence-corrected chi connectivity index (χ1v) is 4.51. The van der Waals surface area contributed by atoms with Gasteiger partial charge in [-0.05, 0) is 26.4 Å². The van der Waals surface area contributed by atoms with Gasteiger partial charge in [-0.1, -0.05) is 0 Å². The highest BCUT2D eigenvalue weighted by Crippen LogP contribution is 2.16. The number of hydrogen-bond acceptors (Lipinski definition) is 2. The van der Waals surface area contributed by atoms with Crippen molar-refractivity contribution in [2.45, 2.75) is 12.8 Å². The maximum Gasteiger partial charge on any atom is 0.226 e. The molecule has 0 aromatic carbocycles. The Morgan fingerprint density at radius 1 is 1.50 bits per heavy atom. The zero-order chi connectivity index (χ0) is 9.14. The summed E-state index contributed by atoms with van der Waals surface area (Å²) in [5.41, 5.74) is 0. The first-order chi connectivity index (χ1) is 5.61. The molecule has 0 radical (unpaired) electrons. The predicted octanol–water partition coefficient (Wildman–Crippen LogP) is 0.416. The summed E-state index contributed by atoms with van der Waals surface area (Å²) in [5, 5.41) is 0. The van der Waals surface area contributed by atoms with Gasteiger partial charge in [0.05, 0.1) is 5.92 Å². The molecule has 0 N–H and O–H groups in total. The van der Waals surface area contributed by atoms with Gasteiger partial charge in [0.1, 0.15) is 0 Å². The van der Waals surface area contributed by atoms with Gasteiger partial charge in [0.15, 0.2) is 0 Å². The Labute approximate surface area is 74.3 Å². The van der Waals surface area contributed by atoms with Gasteiger partial charge in [0.2, 0.25) is 5.91 Å². The minimum Gasteiger partial charge on any atom is -0.349 e. The summed E-state index contributed by atoms with van der Waals surface area (Å²) in [7, 11) is 5.74. The molecule has 3 heteroatoms. The van der Waals surface area contributed by atoms with Gasteiger partial charge in [-0.2, -0.15) is 0 Å². The van der Waals surface area contributed by atoms with Gasteiger partial charge in [0, 0.05) is 20.6 Å². The van der Waals surface area contributed by atoms with Crippen molar-refractivity contribution in [3.8, 4) is 0 Å². The highest BCUT2D eigenvalue weighted by Gasteiger charge is 2.24. The second-order valence-electron chi connectivity index (χ2n) is 3.83. The van der Waals surface area contributed by atoms with Crippen LogP contribution >= 0.6 is 0 Å². The number of hydrogen-bond donors (Lipinski definition) is 0. The van der Waals surface area contributed by atoms with Crippen LogP contribution in [0.15, 0.2) is 0 Å². The van der Waals surface area contributed by atoms with Crippen molar-refractivity contribution in [3.05, 3.63) is 0 Å². The van der Waals surface area contributed by atoms with Gasteiger partial charge < -0.3 is 9.80 Å². The number of likely N-dealkylation sites (tertiary alicyclic amines) is 1. The molecule has 0 aromatic heterocycles. The molecule has 1 atom stereocenters. The van der Waals surface area contributed by atoms with Crippen LogP contribution in [-0.2, 0) is 4.79 Å². The molecule has 1 amide bonds. The molecule has 3 nitrogen and oxygen atoms in total. The Balaban J connectivity index is 2.46. The van der Waals surface area contributed by atoms with E-state index in [1.807, 2.05) is 14.1 Å². The first-order valence-electron chi connectivity index (χ1n) is 4.51. The molecule has 1 heterocycles. The minimum atomic E-state index is 0.235. The van der Waals surface area contributed by atoms with E-state index in [1.54, 1.807) is 4.90 Å². The monoisotopic (exact) mass is 170 g/mol. The van der Waals surface area contributed by atoms with Gasteiger partial charge in [-0.3, -0.25) is 4.79 Å². The lowest BCUT2D eigenvalue weighted by Crippen LogP contribution is -2.40. The van der Waals surface area contributed by atoms with E-state index in [9.17, 15) is 4.79 Å². The number of nitrogens with zero attached hydrogens (tertiary/aromatic N) is 2. The smallest absolute Gasteiger partial charge is 0.226 e. The zero-order valence-corrected chi connectivity index (χ0v) is 8.21. The Bertz CT molecular complexity index is 168. The molecular formula is C9H18N2O. The standard InChI is InChI=1S/C9H18N2O/c1-10(2)9(12)8-5-4-6-11(3)7-8/h8H,4-7H2,1-3H3. The quantitative estimate of drug-likeness (QED) is 0.569. The summed E-state index contributed by atoms with van der Waals surface area (Å²) in [6.45, 7) is 2.06. The van der Waals surface area contributed by atoms with Gasteiger partial charge >= 0.3 is 0 Å². The Kier molecular flexibility index (Phi) is 3.09. The largest absolute Gasteiger partial charge is 0.349 e. The number of amides is 1. The van der Waals surface area contributed by atoms with Crippen LogP contribution in [-0.4, -0.2) is 49.9 Å². The van der Waals surface area contributed by atoms with E-state index in [0.29, 0.717) is 0 Å². The van der Waals surface area contributed by atoms with Crippen molar-refractivity contribution in [2.24, 2.45) is 5.92 Å². The molecule has 1 aliphatic heterocycles. The number of piperidine rings is 1. The second-order valence-corrected chi connectivity index (χ2v) is 3.83. The summed E-state index contributed by atoms with van der Waals surface area (Å²) in [4.78, 5) is 15.5. The fourth-order valence-corrected chi connectivity index (χ4v) is 1.73. The molecule has 0 bridgehead atoms. The normalized spacial score (nSPS) is 25.4. The van der Waals surface area contributed by atoms with E-state index >= 15 is 0 Å². The lowest BCUT2D eigenvalue weighted by Gasteiger charge is -2.30. The van der Waals surface area contributed by atoms with E-state index in [2.05, 4.69) is 11.9 Å². The summed E-state index contributed by atoms with van der Waals surface area (Å²) in [6, 6.07) is 0. The van der Waals surface area contributed by atoms with Crippen molar-refractivity contribution in [1.82, 2.24) is 9.80 Å². The molecule has 1 unspecified atom stereocenters. The fraction of sp³-hybridized carbons (Fsp3) is 0.889. The van der Waals surface area contributed by atoms with Crippen LogP contribution in [0.4, 0.5) is 0 Å². The molecule has 12 heavy (non-hydrogen) atoms. The van der Waals surface area contributed by atoms with Crippen molar-refractivity contribution in [3.63, 3.8) is 0 Å². The SMILES string of the molecule is CN1CCCC(C(=O)N(C)C)C1. The van der Waals surface area contributed by atoms with Crippen molar-refractivity contribution >= 4 is 5.91 Å². The molecule has 0 aromatic rings. The zero-order valence-electron chi connectivity index (χ0n) is 8.21. The number of carbonyl (C=O) groups excluding carboxylic acids is 1. The topological polar surface area (TPSA) is 23.6 Å². The maximum absolute atomic E-state index is 11.5. The summed E-state index contributed by atoms with van der Waals surface area (Å²) >= 11 is 0. The lowest BCUT2D eigenvalue weighted by atomic mass is 9.97. The summed E-state index contributed by atoms with van der Waals surface area (Å²) < 4.78 is 0.